The number of hydrogen-bond donors (Lipinski definition) is 4. The molecule has 4 N–H and O–H groups in total. The summed E-state index contributed by atoms with van der Waals surface area (Å²) in [6.45, 7) is 16.9. The van der Waals surface area contributed by atoms with Crippen molar-refractivity contribution in [2.24, 2.45) is 11.3 Å². The van der Waals surface area contributed by atoms with E-state index in [2.05, 4.69) is 22.0 Å². The molecule has 10 heteroatoms. The van der Waals surface area contributed by atoms with Crippen LogP contribution in [0.5, 0.6) is 0 Å². The molecule has 44 heavy (non-hydrogen) atoms. The zero-order chi connectivity index (χ0) is 33.4. The van der Waals surface area contributed by atoms with Gasteiger partial charge in [-0.3, -0.25) is 9.59 Å². The molecule has 9 nitrogen and oxygen atoms in total. The van der Waals surface area contributed by atoms with Crippen LogP contribution >= 0.6 is 11.6 Å². The van der Waals surface area contributed by atoms with Crippen LogP contribution in [-0.4, -0.2) is 53.6 Å². The molecule has 0 saturated heterocycles. The van der Waals surface area contributed by atoms with Crippen LogP contribution in [0.15, 0.2) is 71.0 Å². The molecule has 0 aliphatic carbocycles. The number of amides is 3. The maximum absolute atomic E-state index is 13.0. The van der Waals surface area contributed by atoms with Gasteiger partial charge < -0.3 is 30.5 Å². The van der Waals surface area contributed by atoms with Gasteiger partial charge in [-0.1, -0.05) is 87.4 Å². The minimum absolute atomic E-state index is 0.0611. The van der Waals surface area contributed by atoms with E-state index in [4.69, 9.17) is 21.1 Å². The molecule has 0 aromatic carbocycles. The quantitative estimate of drug-likeness (QED) is 0.101. The van der Waals surface area contributed by atoms with Crippen molar-refractivity contribution in [3.05, 3.63) is 71.0 Å². The van der Waals surface area contributed by atoms with E-state index in [1.54, 1.807) is 31.2 Å². The Morgan fingerprint density at radius 1 is 1.11 bits per heavy atom. The molecule has 0 radical (unpaired) electrons. The Morgan fingerprint density at radius 2 is 1.77 bits per heavy atom. The third-order valence-corrected chi connectivity index (χ3v) is 6.85. The van der Waals surface area contributed by atoms with Crippen molar-refractivity contribution in [2.45, 2.75) is 112 Å². The summed E-state index contributed by atoms with van der Waals surface area (Å²) < 4.78 is 11.2. The first-order valence-electron chi connectivity index (χ1n) is 15.1. The van der Waals surface area contributed by atoms with E-state index >= 15 is 0 Å². The maximum Gasteiger partial charge on any atom is 0.407 e. The molecule has 1 aliphatic heterocycles. The van der Waals surface area contributed by atoms with Gasteiger partial charge in [0, 0.05) is 35.9 Å². The highest BCUT2D eigenvalue weighted by atomic mass is 35.5. The van der Waals surface area contributed by atoms with Gasteiger partial charge in [-0.25, -0.2) is 4.79 Å². The molecule has 0 aromatic rings. The summed E-state index contributed by atoms with van der Waals surface area (Å²) in [4.78, 5) is 37.7. The van der Waals surface area contributed by atoms with E-state index in [0.717, 1.165) is 17.6 Å². The molecule has 1 aliphatic rings. The minimum Gasteiger partial charge on any atom is -0.446 e. The number of rotatable bonds is 14. The Bertz CT molecular complexity index is 1140. The van der Waals surface area contributed by atoms with Crippen LogP contribution in [0.1, 0.15) is 81.6 Å². The van der Waals surface area contributed by atoms with Crippen molar-refractivity contribution < 1.29 is 29.0 Å². The molecule has 0 bridgehead atoms. The summed E-state index contributed by atoms with van der Waals surface area (Å²) in [7, 11) is 0. The van der Waals surface area contributed by atoms with E-state index in [9.17, 15) is 19.5 Å². The van der Waals surface area contributed by atoms with Crippen LogP contribution in [0.2, 0.25) is 0 Å². The van der Waals surface area contributed by atoms with E-state index < -0.39 is 35.9 Å². The molecule has 1 heterocycles. The molecular weight excluding hydrogens is 582 g/mol. The fourth-order valence-corrected chi connectivity index (χ4v) is 4.30. The highest BCUT2D eigenvalue weighted by Gasteiger charge is 2.32. The number of hydrogen-bond acceptors (Lipinski definition) is 6. The Morgan fingerprint density at radius 3 is 2.36 bits per heavy atom. The molecular formula is C34H52ClN3O6. The van der Waals surface area contributed by atoms with Gasteiger partial charge in [0.25, 0.3) is 0 Å². The monoisotopic (exact) mass is 633 g/mol. The van der Waals surface area contributed by atoms with Crippen molar-refractivity contribution in [3.63, 3.8) is 0 Å². The van der Waals surface area contributed by atoms with Crippen molar-refractivity contribution in [1.29, 1.82) is 0 Å². The van der Waals surface area contributed by atoms with E-state index in [1.165, 1.54) is 12.3 Å². The SMILES string of the molecule is CC1=CC[C@@H]([C@@H](C)/C=C(C)/C=C\C=C/C(=O)N[C@H](C(=O)N/C=C\C[C@H](C/C=C(\C)Cl)OC(=O)NC(C)C)C(C)(C)C)O[C@H]1O. The number of alkyl carbamates (subject to hydrolysis) is 1. The number of nitrogens with one attached hydrogen (secondary N) is 3. The normalized spacial score (nSPS) is 20.5. The first kappa shape index (κ1) is 38.9. The molecule has 0 saturated carbocycles. The third kappa shape index (κ3) is 16.1. The number of carbonyl (C=O) groups excluding carboxylic acids is 3. The lowest BCUT2D eigenvalue weighted by molar-refractivity contribution is -0.129. The fourth-order valence-electron chi connectivity index (χ4n) is 4.22. The van der Waals surface area contributed by atoms with Crippen molar-refractivity contribution in [2.75, 3.05) is 0 Å². The lowest BCUT2D eigenvalue weighted by Gasteiger charge is -2.29. The average molecular weight is 634 g/mol. The average Bonchev–Trinajstić information content (AvgIpc) is 2.90. The van der Waals surface area contributed by atoms with Crippen LogP contribution in [0.4, 0.5) is 4.79 Å². The van der Waals surface area contributed by atoms with Gasteiger partial charge in [0.2, 0.25) is 11.8 Å². The predicted octanol–water partition coefficient (Wildman–Crippen LogP) is 6.32. The number of carbonyl (C=O) groups is 3. The van der Waals surface area contributed by atoms with E-state index in [0.29, 0.717) is 17.9 Å². The Hall–Kier alpha value is -3.14. The lowest BCUT2D eigenvalue weighted by Crippen LogP contribution is -2.52. The highest BCUT2D eigenvalue weighted by molar-refractivity contribution is 6.29. The Labute approximate surface area is 268 Å². The van der Waals surface area contributed by atoms with Gasteiger partial charge in [-0.15, -0.1) is 0 Å². The Balaban J connectivity index is 2.72. The minimum atomic E-state index is -0.860. The number of halogens is 1. The summed E-state index contributed by atoms with van der Waals surface area (Å²) in [5.74, 6) is -0.672. The first-order valence-corrected chi connectivity index (χ1v) is 15.5. The molecule has 0 fully saturated rings. The van der Waals surface area contributed by atoms with Gasteiger partial charge in [0.1, 0.15) is 12.1 Å². The standard InChI is InChI=1S/C34H52ClN3O6/c1-22(2)37-33(42)43-27(18-17-26(6)35)14-12-20-36-31(40)30(34(7,8)9)38-29(39)15-11-10-13-23(3)21-25(5)28-19-16-24(4)32(41)44-28/h10-13,15-17,20-22,25,27-28,30,32,41H,14,18-19H2,1-9H3,(H,36,40)(H,37,42)(H,38,39)/b13-10-,15-11-,20-12-,23-21+,26-17+/t25-,27+,28-,30+,32+/m0/s1. The van der Waals surface area contributed by atoms with Crippen LogP contribution < -0.4 is 16.0 Å². The highest BCUT2D eigenvalue weighted by Crippen LogP contribution is 2.24. The summed E-state index contributed by atoms with van der Waals surface area (Å²) in [6.07, 6.45) is 15.2. The van der Waals surface area contributed by atoms with Gasteiger partial charge in [0.05, 0.1) is 6.10 Å². The van der Waals surface area contributed by atoms with Gasteiger partial charge in [0.15, 0.2) is 6.29 Å². The van der Waals surface area contributed by atoms with Crippen LogP contribution in [0.25, 0.3) is 0 Å². The lowest BCUT2D eigenvalue weighted by atomic mass is 9.86. The molecule has 0 spiro atoms. The Kier molecular flexibility index (Phi) is 17.0. The van der Waals surface area contributed by atoms with Crippen molar-refractivity contribution >= 4 is 29.5 Å². The van der Waals surface area contributed by atoms with Gasteiger partial charge in [-0.05, 0) is 58.2 Å². The molecule has 246 valence electrons. The second-order valence-corrected chi connectivity index (χ2v) is 13.1. The summed E-state index contributed by atoms with van der Waals surface area (Å²) >= 11 is 5.94. The van der Waals surface area contributed by atoms with E-state index in [-0.39, 0.29) is 24.0 Å². The maximum atomic E-state index is 13.0. The van der Waals surface area contributed by atoms with Crippen molar-refractivity contribution in [3.8, 4) is 0 Å². The largest absolute Gasteiger partial charge is 0.446 e. The third-order valence-electron chi connectivity index (χ3n) is 6.69. The summed E-state index contributed by atoms with van der Waals surface area (Å²) in [5, 5.41) is 18.7. The smallest absolute Gasteiger partial charge is 0.407 e. The molecule has 3 amide bonds. The summed E-state index contributed by atoms with van der Waals surface area (Å²) in [6, 6.07) is -0.862. The zero-order valence-corrected chi connectivity index (χ0v) is 28.4. The van der Waals surface area contributed by atoms with E-state index in [1.807, 2.05) is 67.5 Å². The molecule has 0 unspecified atom stereocenters. The molecule has 1 rings (SSSR count). The number of aliphatic hydroxyl groups is 1. The van der Waals surface area contributed by atoms with Crippen molar-refractivity contribution in [1.82, 2.24) is 16.0 Å². The topological polar surface area (TPSA) is 126 Å². The fraction of sp³-hybridized carbons (Fsp3) is 0.559. The molecule has 0 aromatic heterocycles. The van der Waals surface area contributed by atoms with Gasteiger partial charge >= 0.3 is 6.09 Å². The van der Waals surface area contributed by atoms with Crippen LogP contribution in [0.3, 0.4) is 0 Å². The van der Waals surface area contributed by atoms with Crippen LogP contribution in [-0.2, 0) is 19.1 Å². The number of allylic oxidation sites excluding steroid dienone is 5. The number of aliphatic hydroxyl groups excluding tert-OH is 1. The predicted molar refractivity (Wildman–Crippen MR) is 177 cm³/mol. The second kappa shape index (κ2) is 19.3. The second-order valence-electron chi connectivity index (χ2n) is 12.5. The molecule has 5 atom stereocenters. The zero-order valence-electron chi connectivity index (χ0n) is 27.6. The van der Waals surface area contributed by atoms with Gasteiger partial charge in [-0.2, -0.15) is 0 Å². The number of ether oxygens (including phenoxy) is 2. The summed E-state index contributed by atoms with van der Waals surface area (Å²) in [5.41, 5.74) is 1.26. The van der Waals surface area contributed by atoms with Crippen LogP contribution in [0, 0.1) is 11.3 Å². The first-order chi connectivity index (χ1) is 20.5.